The Morgan fingerprint density at radius 3 is 2.86 bits per heavy atom. The van der Waals surface area contributed by atoms with E-state index < -0.39 is 12.6 Å². The lowest BCUT2D eigenvalue weighted by molar-refractivity contribution is -0.139. The van der Waals surface area contributed by atoms with Crippen molar-refractivity contribution in [1.82, 2.24) is 10.7 Å². The van der Waals surface area contributed by atoms with E-state index in [1.807, 2.05) is 6.92 Å². The SMILES string of the molecule is CCNC(=S)N/N=C\c1cc(Br)c(OCC(=O)O)c(OC)c1. The number of nitrogens with zero attached hydrogens (tertiary/aromatic N) is 1. The van der Waals surface area contributed by atoms with Gasteiger partial charge in [-0.3, -0.25) is 5.43 Å². The molecule has 0 aliphatic carbocycles. The van der Waals surface area contributed by atoms with Gasteiger partial charge in [-0.05, 0) is 52.8 Å². The van der Waals surface area contributed by atoms with Crippen LogP contribution in [0.5, 0.6) is 11.5 Å². The Labute approximate surface area is 141 Å². The monoisotopic (exact) mass is 389 g/mol. The largest absolute Gasteiger partial charge is 0.493 e. The minimum atomic E-state index is -1.07. The second kappa shape index (κ2) is 9.21. The van der Waals surface area contributed by atoms with Gasteiger partial charge in [0.2, 0.25) is 0 Å². The molecule has 0 saturated heterocycles. The van der Waals surface area contributed by atoms with Gasteiger partial charge >= 0.3 is 5.97 Å². The third-order valence-corrected chi connectivity index (χ3v) is 3.13. The van der Waals surface area contributed by atoms with E-state index in [1.165, 1.54) is 7.11 Å². The lowest BCUT2D eigenvalue weighted by atomic mass is 10.2. The first-order valence-electron chi connectivity index (χ1n) is 6.27. The molecule has 0 bridgehead atoms. The lowest BCUT2D eigenvalue weighted by Crippen LogP contribution is -2.31. The van der Waals surface area contributed by atoms with E-state index in [9.17, 15) is 4.79 Å². The number of carboxylic acid groups (broad SMARTS) is 1. The Morgan fingerprint density at radius 2 is 2.27 bits per heavy atom. The zero-order chi connectivity index (χ0) is 16.5. The van der Waals surface area contributed by atoms with Crippen LogP contribution in [0.25, 0.3) is 0 Å². The second-order valence-corrected chi connectivity index (χ2v) is 5.21. The second-order valence-electron chi connectivity index (χ2n) is 3.95. The molecule has 0 saturated carbocycles. The molecule has 0 heterocycles. The molecule has 9 heteroatoms. The van der Waals surface area contributed by atoms with Gasteiger partial charge in [0.25, 0.3) is 0 Å². The molecule has 0 aliphatic heterocycles. The van der Waals surface area contributed by atoms with Crippen molar-refractivity contribution >= 4 is 45.4 Å². The summed E-state index contributed by atoms with van der Waals surface area (Å²) in [6.07, 6.45) is 1.55. The summed E-state index contributed by atoms with van der Waals surface area (Å²) in [7, 11) is 1.47. The van der Waals surface area contributed by atoms with Crippen molar-refractivity contribution in [3.8, 4) is 11.5 Å². The molecule has 1 rings (SSSR count). The van der Waals surface area contributed by atoms with E-state index >= 15 is 0 Å². The summed E-state index contributed by atoms with van der Waals surface area (Å²) in [6, 6.07) is 3.39. The average molecular weight is 390 g/mol. The summed E-state index contributed by atoms with van der Waals surface area (Å²) in [6.45, 7) is 2.17. The van der Waals surface area contributed by atoms with Crippen molar-refractivity contribution in [2.45, 2.75) is 6.92 Å². The maximum absolute atomic E-state index is 10.6. The number of hydrazone groups is 1. The molecular weight excluding hydrogens is 374 g/mol. The summed E-state index contributed by atoms with van der Waals surface area (Å²) in [5.41, 5.74) is 3.39. The van der Waals surface area contributed by atoms with Crippen LogP contribution >= 0.6 is 28.1 Å². The predicted octanol–water partition coefficient (Wildman–Crippen LogP) is 1.74. The third-order valence-electron chi connectivity index (χ3n) is 2.31. The fraction of sp³-hybridized carbons (Fsp3) is 0.308. The summed E-state index contributed by atoms with van der Waals surface area (Å²) >= 11 is 8.29. The maximum Gasteiger partial charge on any atom is 0.341 e. The van der Waals surface area contributed by atoms with E-state index in [2.05, 4.69) is 31.8 Å². The molecule has 7 nitrogen and oxygen atoms in total. The summed E-state index contributed by atoms with van der Waals surface area (Å²) in [5.74, 6) is -0.356. The van der Waals surface area contributed by atoms with E-state index in [0.717, 1.165) is 5.56 Å². The molecule has 1 aromatic carbocycles. The van der Waals surface area contributed by atoms with Crippen LogP contribution in [0, 0.1) is 0 Å². The highest BCUT2D eigenvalue weighted by molar-refractivity contribution is 9.10. The number of carboxylic acids is 1. The van der Waals surface area contributed by atoms with Crippen molar-refractivity contribution < 1.29 is 19.4 Å². The van der Waals surface area contributed by atoms with Crippen molar-refractivity contribution in [3.05, 3.63) is 22.2 Å². The highest BCUT2D eigenvalue weighted by Gasteiger charge is 2.12. The molecule has 0 aliphatic rings. The minimum absolute atomic E-state index is 0.318. The maximum atomic E-state index is 10.6. The number of carbonyl (C=O) groups is 1. The van der Waals surface area contributed by atoms with Gasteiger partial charge in [0.1, 0.15) is 0 Å². The van der Waals surface area contributed by atoms with Gasteiger partial charge in [-0.25, -0.2) is 4.79 Å². The van der Waals surface area contributed by atoms with Crippen molar-refractivity contribution in [2.24, 2.45) is 5.10 Å². The minimum Gasteiger partial charge on any atom is -0.493 e. The zero-order valence-electron chi connectivity index (χ0n) is 12.1. The molecule has 0 atom stereocenters. The Balaban J connectivity index is 2.86. The van der Waals surface area contributed by atoms with Gasteiger partial charge in [-0.15, -0.1) is 0 Å². The van der Waals surface area contributed by atoms with E-state index in [-0.39, 0.29) is 0 Å². The normalized spacial score (nSPS) is 10.3. The topological polar surface area (TPSA) is 92.2 Å². The quantitative estimate of drug-likeness (QED) is 0.371. The number of methoxy groups -OCH3 is 1. The number of ether oxygens (including phenoxy) is 2. The van der Waals surface area contributed by atoms with E-state index in [1.54, 1.807) is 18.3 Å². The van der Waals surface area contributed by atoms with E-state index in [4.69, 9.17) is 26.8 Å². The van der Waals surface area contributed by atoms with Gasteiger partial charge in [0, 0.05) is 6.54 Å². The number of aliphatic carboxylic acids is 1. The Morgan fingerprint density at radius 1 is 1.55 bits per heavy atom. The molecule has 22 heavy (non-hydrogen) atoms. The number of benzene rings is 1. The Kier molecular flexibility index (Phi) is 7.61. The summed E-state index contributed by atoms with van der Waals surface area (Å²) in [5, 5.41) is 16.0. The van der Waals surface area contributed by atoms with Crippen molar-refractivity contribution in [2.75, 3.05) is 20.3 Å². The first-order chi connectivity index (χ1) is 10.5. The van der Waals surface area contributed by atoms with Gasteiger partial charge < -0.3 is 19.9 Å². The lowest BCUT2D eigenvalue weighted by Gasteiger charge is -2.12. The number of hydrogen-bond donors (Lipinski definition) is 3. The van der Waals surface area contributed by atoms with Crippen LogP contribution in [0.1, 0.15) is 12.5 Å². The summed E-state index contributed by atoms with van der Waals surface area (Å²) in [4.78, 5) is 10.6. The van der Waals surface area contributed by atoms with E-state index in [0.29, 0.717) is 27.6 Å². The molecule has 0 radical (unpaired) electrons. The van der Waals surface area contributed by atoms with Crippen LogP contribution in [0.4, 0.5) is 0 Å². The molecule has 0 aromatic heterocycles. The molecule has 0 amide bonds. The molecular formula is C13H16BrN3O4S. The Bertz CT molecular complexity index is 581. The molecule has 120 valence electrons. The molecule has 3 N–H and O–H groups in total. The van der Waals surface area contributed by atoms with Gasteiger partial charge in [0.05, 0.1) is 17.8 Å². The van der Waals surface area contributed by atoms with Crippen LogP contribution in [0.2, 0.25) is 0 Å². The van der Waals surface area contributed by atoms with Gasteiger partial charge in [-0.1, -0.05) is 0 Å². The predicted molar refractivity (Wildman–Crippen MR) is 90.8 cm³/mol. The van der Waals surface area contributed by atoms with Crippen LogP contribution in [-0.2, 0) is 4.79 Å². The number of hydrogen-bond acceptors (Lipinski definition) is 5. The smallest absolute Gasteiger partial charge is 0.341 e. The number of halogens is 1. The zero-order valence-corrected chi connectivity index (χ0v) is 14.5. The van der Waals surface area contributed by atoms with Crippen LogP contribution in [-0.4, -0.2) is 42.7 Å². The average Bonchev–Trinajstić information content (AvgIpc) is 2.45. The third kappa shape index (κ3) is 5.86. The van der Waals surface area contributed by atoms with Crippen LogP contribution in [0.3, 0.4) is 0 Å². The number of thiocarbonyl (C=S) groups is 1. The molecule has 0 fully saturated rings. The first kappa shape index (κ1) is 18.2. The fourth-order valence-corrected chi connectivity index (χ4v) is 2.23. The Hall–Kier alpha value is -1.87. The summed E-state index contributed by atoms with van der Waals surface area (Å²) < 4.78 is 10.9. The highest BCUT2D eigenvalue weighted by Crippen LogP contribution is 2.36. The van der Waals surface area contributed by atoms with Gasteiger partial charge in [0.15, 0.2) is 23.2 Å². The highest BCUT2D eigenvalue weighted by atomic mass is 79.9. The number of nitrogens with one attached hydrogen (secondary N) is 2. The van der Waals surface area contributed by atoms with Crippen molar-refractivity contribution in [3.63, 3.8) is 0 Å². The first-order valence-corrected chi connectivity index (χ1v) is 7.47. The standard InChI is InChI=1S/C13H16BrN3O4S/c1-3-15-13(22)17-16-6-8-4-9(14)12(10(5-8)20-2)21-7-11(18)19/h4-6H,3,7H2,1-2H3,(H,18,19)(H2,15,17,22)/b16-6-. The van der Waals surface area contributed by atoms with Gasteiger partial charge in [-0.2, -0.15) is 5.10 Å². The number of rotatable bonds is 7. The molecule has 0 unspecified atom stereocenters. The fourth-order valence-electron chi connectivity index (χ4n) is 1.45. The van der Waals surface area contributed by atoms with Crippen LogP contribution in [0.15, 0.2) is 21.7 Å². The van der Waals surface area contributed by atoms with Crippen molar-refractivity contribution in [1.29, 1.82) is 0 Å². The van der Waals surface area contributed by atoms with Crippen LogP contribution < -0.4 is 20.2 Å². The molecule has 0 spiro atoms. The molecule has 1 aromatic rings.